The van der Waals surface area contributed by atoms with E-state index in [9.17, 15) is 0 Å². The van der Waals surface area contributed by atoms with Crippen LogP contribution in [0, 0.1) is 5.92 Å². The molecule has 1 N–H and O–H groups in total. The molecule has 0 aromatic rings. The van der Waals surface area contributed by atoms with Crippen molar-refractivity contribution in [3.63, 3.8) is 0 Å². The first-order valence-electron chi connectivity index (χ1n) is 10.5. The quantitative estimate of drug-likeness (QED) is 0.416. The Labute approximate surface area is 163 Å². The molecular formula is C20H45N3O3. The van der Waals surface area contributed by atoms with Crippen LogP contribution in [0.25, 0.3) is 0 Å². The first kappa shape index (κ1) is 23.8. The van der Waals surface area contributed by atoms with Crippen molar-refractivity contribution in [2.45, 2.75) is 40.2 Å². The molecule has 1 aliphatic rings. The Morgan fingerprint density at radius 2 is 1.38 bits per heavy atom. The lowest BCUT2D eigenvalue weighted by atomic mass is 10.2. The summed E-state index contributed by atoms with van der Waals surface area (Å²) in [7, 11) is 0. The summed E-state index contributed by atoms with van der Waals surface area (Å²) in [6.07, 6.45) is 1.11. The minimum atomic E-state index is 0. The molecule has 1 fully saturated rings. The maximum Gasteiger partial charge on any atom is 0.0701 e. The third-order valence-corrected chi connectivity index (χ3v) is 4.62. The van der Waals surface area contributed by atoms with E-state index in [1.165, 1.54) is 26.2 Å². The zero-order chi connectivity index (χ0) is 19.0. The molecule has 0 unspecified atom stereocenters. The molecule has 0 amide bonds. The van der Waals surface area contributed by atoms with Gasteiger partial charge in [-0.1, -0.05) is 13.8 Å². The van der Waals surface area contributed by atoms with E-state index < -0.39 is 0 Å². The summed E-state index contributed by atoms with van der Waals surface area (Å²) in [5.41, 5.74) is 0. The number of rotatable bonds is 16. The second kappa shape index (κ2) is 15.8. The zero-order valence-corrected chi connectivity index (χ0v) is 17.7. The van der Waals surface area contributed by atoms with Gasteiger partial charge in [-0.3, -0.25) is 4.90 Å². The van der Waals surface area contributed by atoms with Gasteiger partial charge in [0.2, 0.25) is 0 Å². The van der Waals surface area contributed by atoms with E-state index >= 15 is 0 Å². The van der Waals surface area contributed by atoms with Crippen molar-refractivity contribution in [1.29, 1.82) is 0 Å². The van der Waals surface area contributed by atoms with Gasteiger partial charge in [-0.05, 0) is 32.7 Å². The van der Waals surface area contributed by atoms with Gasteiger partial charge in [0.05, 0.1) is 33.0 Å². The fourth-order valence-corrected chi connectivity index (χ4v) is 2.97. The normalized spacial score (nSPS) is 16.8. The molecule has 0 radical (unpaired) electrons. The van der Waals surface area contributed by atoms with Crippen molar-refractivity contribution >= 4 is 0 Å². The Morgan fingerprint density at radius 1 is 0.808 bits per heavy atom. The van der Waals surface area contributed by atoms with Crippen molar-refractivity contribution < 1.29 is 15.6 Å². The minimum Gasteiger partial charge on any atom is -0.379 e. The maximum absolute atomic E-state index is 5.65. The predicted octanol–water partition coefficient (Wildman–Crippen LogP) is 1.94. The first-order valence-corrected chi connectivity index (χ1v) is 10.5. The highest BCUT2D eigenvalue weighted by Crippen LogP contribution is 2.06. The molecule has 1 heterocycles. The highest BCUT2D eigenvalue weighted by molar-refractivity contribution is 4.73. The minimum absolute atomic E-state index is 0. The van der Waals surface area contributed by atoms with Crippen LogP contribution < -0.4 is 5.32 Å². The van der Waals surface area contributed by atoms with Crippen LogP contribution in [0.15, 0.2) is 0 Å². The molecule has 0 atom stereocenters. The summed E-state index contributed by atoms with van der Waals surface area (Å²) in [4.78, 5) is 5.10. The lowest BCUT2D eigenvalue weighted by Gasteiger charge is -2.36. The number of hydrogen-bond donors (Lipinski definition) is 1. The molecule has 1 rings (SSSR count). The number of piperazine rings is 1. The van der Waals surface area contributed by atoms with E-state index in [0.717, 1.165) is 39.3 Å². The molecule has 26 heavy (non-hydrogen) atoms. The van der Waals surface area contributed by atoms with Crippen molar-refractivity contribution in [3.8, 4) is 0 Å². The first-order chi connectivity index (χ1) is 12.6. The second-order valence-electron chi connectivity index (χ2n) is 7.76. The Balaban J connectivity index is 0.00000676. The van der Waals surface area contributed by atoms with Gasteiger partial charge in [-0.25, -0.2) is 0 Å². The predicted molar refractivity (Wildman–Crippen MR) is 110 cm³/mol. The summed E-state index contributed by atoms with van der Waals surface area (Å²) in [6.45, 7) is 21.1. The summed E-state index contributed by atoms with van der Waals surface area (Å²) in [5.74, 6) is 0.688. The van der Waals surface area contributed by atoms with Gasteiger partial charge in [0, 0.05) is 53.3 Å². The summed E-state index contributed by atoms with van der Waals surface area (Å²) in [6, 6.07) is 0.674. The average Bonchev–Trinajstić information content (AvgIpc) is 2.62. The van der Waals surface area contributed by atoms with Crippen LogP contribution in [-0.2, 0) is 14.2 Å². The third kappa shape index (κ3) is 13.0. The SMILES string of the molecule is CC(C)CNCCOCCOCCOCCCN1CCN(C(C)C)CC1.[HH]. The van der Waals surface area contributed by atoms with Gasteiger partial charge in [-0.2, -0.15) is 0 Å². The molecule has 0 spiro atoms. The van der Waals surface area contributed by atoms with Gasteiger partial charge in [0.15, 0.2) is 0 Å². The smallest absolute Gasteiger partial charge is 0.0701 e. The molecule has 1 saturated heterocycles. The molecule has 0 aromatic heterocycles. The van der Waals surface area contributed by atoms with E-state index in [-0.39, 0.29) is 1.43 Å². The zero-order valence-electron chi connectivity index (χ0n) is 17.7. The van der Waals surface area contributed by atoms with Gasteiger partial charge in [0.25, 0.3) is 0 Å². The molecule has 158 valence electrons. The lowest BCUT2D eigenvalue weighted by Crippen LogP contribution is -2.49. The van der Waals surface area contributed by atoms with Crippen molar-refractivity contribution in [2.24, 2.45) is 5.92 Å². The van der Waals surface area contributed by atoms with Crippen molar-refractivity contribution in [1.82, 2.24) is 15.1 Å². The average molecular weight is 376 g/mol. The van der Waals surface area contributed by atoms with E-state index in [2.05, 4.69) is 42.8 Å². The monoisotopic (exact) mass is 375 g/mol. The molecule has 1 aliphatic heterocycles. The Morgan fingerprint density at radius 3 is 1.96 bits per heavy atom. The number of ether oxygens (including phenoxy) is 3. The Bertz CT molecular complexity index is 315. The van der Waals surface area contributed by atoms with Crippen LogP contribution in [0.2, 0.25) is 0 Å². The lowest BCUT2D eigenvalue weighted by molar-refractivity contribution is 0.0126. The fraction of sp³-hybridized carbons (Fsp3) is 1.00. The van der Waals surface area contributed by atoms with Gasteiger partial charge < -0.3 is 24.4 Å². The molecule has 6 heteroatoms. The molecular weight excluding hydrogens is 330 g/mol. The Hall–Kier alpha value is -0.240. The highest BCUT2D eigenvalue weighted by Gasteiger charge is 2.17. The van der Waals surface area contributed by atoms with Crippen LogP contribution in [0.5, 0.6) is 0 Å². The molecule has 0 aromatic carbocycles. The Kier molecular flexibility index (Phi) is 14.4. The molecule has 0 aliphatic carbocycles. The van der Waals surface area contributed by atoms with E-state index in [1.54, 1.807) is 0 Å². The number of nitrogens with zero attached hydrogens (tertiary/aromatic N) is 2. The van der Waals surface area contributed by atoms with Gasteiger partial charge in [-0.15, -0.1) is 0 Å². The van der Waals surface area contributed by atoms with E-state index in [0.29, 0.717) is 38.4 Å². The van der Waals surface area contributed by atoms with Crippen LogP contribution in [0.4, 0.5) is 0 Å². The van der Waals surface area contributed by atoms with Gasteiger partial charge in [0.1, 0.15) is 0 Å². The van der Waals surface area contributed by atoms with Crippen molar-refractivity contribution in [2.75, 3.05) is 85.5 Å². The van der Waals surface area contributed by atoms with Crippen LogP contribution >= 0.6 is 0 Å². The molecule has 6 nitrogen and oxygen atoms in total. The fourth-order valence-electron chi connectivity index (χ4n) is 2.97. The van der Waals surface area contributed by atoms with Crippen LogP contribution in [-0.4, -0.2) is 101 Å². The third-order valence-electron chi connectivity index (χ3n) is 4.62. The van der Waals surface area contributed by atoms with Crippen molar-refractivity contribution in [3.05, 3.63) is 0 Å². The largest absolute Gasteiger partial charge is 0.379 e. The maximum atomic E-state index is 5.65. The number of hydrogen-bond acceptors (Lipinski definition) is 6. The molecule has 0 saturated carbocycles. The van der Waals surface area contributed by atoms with Crippen LogP contribution in [0.1, 0.15) is 35.5 Å². The van der Waals surface area contributed by atoms with Crippen LogP contribution in [0.3, 0.4) is 0 Å². The van der Waals surface area contributed by atoms with E-state index in [4.69, 9.17) is 14.2 Å². The topological polar surface area (TPSA) is 46.2 Å². The standard InChI is InChI=1S/C20H43N3O3.H2/c1-19(2)18-21-6-13-25-15-17-26-16-14-24-12-5-7-22-8-10-23(11-9-22)20(3)4;/h19-21H,5-18H2,1-4H3;1H. The summed E-state index contributed by atoms with van der Waals surface area (Å²) >= 11 is 0. The number of nitrogens with one attached hydrogen (secondary N) is 1. The van der Waals surface area contributed by atoms with E-state index in [1.807, 2.05) is 0 Å². The summed E-state index contributed by atoms with van der Waals surface area (Å²) in [5, 5.41) is 3.35. The second-order valence-corrected chi connectivity index (χ2v) is 7.76. The molecule has 0 bridgehead atoms. The highest BCUT2D eigenvalue weighted by atomic mass is 16.5. The van der Waals surface area contributed by atoms with Gasteiger partial charge >= 0.3 is 0 Å². The summed E-state index contributed by atoms with van der Waals surface area (Å²) < 4.78 is 16.7.